The fourth-order valence-electron chi connectivity index (χ4n) is 0.677. The van der Waals surface area contributed by atoms with Gasteiger partial charge in [0.05, 0.1) is 0 Å². The Hall–Kier alpha value is -0.800. The number of allylic oxidation sites excluding steroid dienone is 2. The molecule has 0 unspecified atom stereocenters. The molecule has 0 aromatic heterocycles. The highest BCUT2D eigenvalue weighted by Crippen LogP contribution is 2.27. The number of hydrogen-bond acceptors (Lipinski definition) is 1. The van der Waals surface area contributed by atoms with Crippen LogP contribution < -0.4 is 0 Å². The summed E-state index contributed by atoms with van der Waals surface area (Å²) in [6.07, 6.45) is -2.49. The molecule has 0 aliphatic heterocycles. The highest BCUT2D eigenvalue weighted by Gasteiger charge is 2.41. The molecule has 0 heterocycles. The van der Waals surface area contributed by atoms with E-state index >= 15 is 0 Å². The van der Waals surface area contributed by atoms with E-state index in [1.165, 1.54) is 6.08 Å². The Balaban J connectivity index is 2.66. The zero-order valence-corrected chi connectivity index (χ0v) is 5.03. The van der Waals surface area contributed by atoms with Gasteiger partial charge in [-0.15, -0.1) is 0 Å². The summed E-state index contributed by atoms with van der Waals surface area (Å²) in [5.74, 6) is -1.68. The third-order valence-electron chi connectivity index (χ3n) is 1.35. The van der Waals surface area contributed by atoms with Crippen molar-refractivity contribution in [2.24, 2.45) is 0 Å². The summed E-state index contributed by atoms with van der Waals surface area (Å²) >= 11 is 0. The Morgan fingerprint density at radius 2 is 2.00 bits per heavy atom. The largest absolute Gasteiger partial charge is 0.454 e. The maximum absolute atomic E-state index is 11.5. The summed E-state index contributed by atoms with van der Waals surface area (Å²) in [6.45, 7) is 0. The lowest BCUT2D eigenvalue weighted by Crippen LogP contribution is -2.26. The summed E-state index contributed by atoms with van der Waals surface area (Å²) < 4.78 is 34.6. The summed E-state index contributed by atoms with van der Waals surface area (Å²) in [4.78, 5) is 10.3. The molecule has 10 heavy (non-hydrogen) atoms. The molecule has 0 radical (unpaired) electrons. The topological polar surface area (TPSA) is 17.1 Å². The van der Waals surface area contributed by atoms with Crippen LogP contribution in [-0.2, 0) is 4.79 Å². The summed E-state index contributed by atoms with van der Waals surface area (Å²) in [5, 5.41) is 0. The van der Waals surface area contributed by atoms with Crippen LogP contribution in [0.2, 0.25) is 0 Å². The molecule has 0 saturated carbocycles. The monoisotopic (exact) mass is 150 g/mol. The molecular formula is C6H5F3O. The van der Waals surface area contributed by atoms with Crippen molar-refractivity contribution in [3.05, 3.63) is 11.6 Å². The SMILES string of the molecule is O=C(C1=CCC1)C(F)(F)F. The van der Waals surface area contributed by atoms with Gasteiger partial charge in [-0.3, -0.25) is 4.79 Å². The smallest absolute Gasteiger partial charge is 0.284 e. The molecule has 0 fully saturated rings. The molecule has 0 spiro atoms. The van der Waals surface area contributed by atoms with E-state index in [1.54, 1.807) is 0 Å². The number of hydrogen-bond donors (Lipinski definition) is 0. The van der Waals surface area contributed by atoms with Crippen LogP contribution in [0.4, 0.5) is 13.2 Å². The molecule has 56 valence electrons. The first-order chi connectivity index (χ1) is 4.52. The van der Waals surface area contributed by atoms with Gasteiger partial charge >= 0.3 is 6.18 Å². The van der Waals surface area contributed by atoms with Crippen molar-refractivity contribution < 1.29 is 18.0 Å². The predicted molar refractivity (Wildman–Crippen MR) is 28.4 cm³/mol. The van der Waals surface area contributed by atoms with Gasteiger partial charge in [0.1, 0.15) is 0 Å². The van der Waals surface area contributed by atoms with Gasteiger partial charge in [-0.25, -0.2) is 0 Å². The average molecular weight is 150 g/mol. The molecule has 0 atom stereocenters. The molecule has 0 amide bonds. The predicted octanol–water partition coefficient (Wildman–Crippen LogP) is 1.84. The van der Waals surface area contributed by atoms with Gasteiger partial charge in [-0.05, 0) is 12.8 Å². The highest BCUT2D eigenvalue weighted by atomic mass is 19.4. The van der Waals surface area contributed by atoms with Crippen LogP contribution in [-0.4, -0.2) is 12.0 Å². The van der Waals surface area contributed by atoms with Crippen molar-refractivity contribution in [1.29, 1.82) is 0 Å². The normalized spacial score (nSPS) is 17.7. The number of carbonyl (C=O) groups excluding carboxylic acids is 1. The van der Waals surface area contributed by atoms with Crippen LogP contribution >= 0.6 is 0 Å². The van der Waals surface area contributed by atoms with E-state index in [1.807, 2.05) is 0 Å². The van der Waals surface area contributed by atoms with E-state index < -0.39 is 12.0 Å². The first-order valence-electron chi connectivity index (χ1n) is 2.82. The molecule has 1 aliphatic carbocycles. The van der Waals surface area contributed by atoms with Crippen molar-refractivity contribution in [2.75, 3.05) is 0 Å². The molecule has 0 aromatic rings. The van der Waals surface area contributed by atoms with Crippen molar-refractivity contribution in [3.63, 3.8) is 0 Å². The Bertz CT molecular complexity index is 190. The lowest BCUT2D eigenvalue weighted by atomic mass is 9.95. The van der Waals surface area contributed by atoms with Crippen molar-refractivity contribution in [2.45, 2.75) is 19.0 Å². The van der Waals surface area contributed by atoms with Crippen molar-refractivity contribution in [3.8, 4) is 0 Å². The molecule has 0 saturated heterocycles. The van der Waals surface area contributed by atoms with Gasteiger partial charge in [0.15, 0.2) is 0 Å². The van der Waals surface area contributed by atoms with Crippen LogP contribution in [0, 0.1) is 0 Å². The summed E-state index contributed by atoms with van der Waals surface area (Å²) in [5.41, 5.74) is -0.0903. The van der Waals surface area contributed by atoms with E-state index in [9.17, 15) is 18.0 Å². The van der Waals surface area contributed by atoms with Crippen molar-refractivity contribution in [1.82, 2.24) is 0 Å². The molecule has 1 aliphatic rings. The van der Waals surface area contributed by atoms with Gasteiger partial charge in [0, 0.05) is 5.57 Å². The molecule has 1 rings (SSSR count). The van der Waals surface area contributed by atoms with E-state index in [-0.39, 0.29) is 12.0 Å². The van der Waals surface area contributed by atoms with Crippen molar-refractivity contribution >= 4 is 5.78 Å². The first kappa shape index (κ1) is 7.31. The minimum Gasteiger partial charge on any atom is -0.284 e. The molecule has 0 bridgehead atoms. The maximum atomic E-state index is 11.5. The Morgan fingerprint density at radius 3 is 2.10 bits per heavy atom. The summed E-state index contributed by atoms with van der Waals surface area (Å²) in [6, 6.07) is 0. The molecule has 0 aromatic carbocycles. The van der Waals surface area contributed by atoms with E-state index in [4.69, 9.17) is 0 Å². The summed E-state index contributed by atoms with van der Waals surface area (Å²) in [7, 11) is 0. The van der Waals surface area contributed by atoms with Crippen LogP contribution in [0.15, 0.2) is 11.6 Å². The van der Waals surface area contributed by atoms with Gasteiger partial charge in [-0.2, -0.15) is 13.2 Å². The van der Waals surface area contributed by atoms with Crippen LogP contribution in [0.3, 0.4) is 0 Å². The quantitative estimate of drug-likeness (QED) is 0.557. The maximum Gasteiger partial charge on any atom is 0.454 e. The molecule has 0 N–H and O–H groups in total. The van der Waals surface area contributed by atoms with E-state index in [0.717, 1.165) is 0 Å². The number of ketones is 1. The Kier molecular flexibility index (Phi) is 1.54. The minimum atomic E-state index is -4.67. The van der Waals surface area contributed by atoms with Gasteiger partial charge in [0.2, 0.25) is 0 Å². The fourth-order valence-corrected chi connectivity index (χ4v) is 0.677. The number of Topliss-reactive ketones (excluding diaryl/α,β-unsaturated/α-hetero) is 1. The van der Waals surface area contributed by atoms with E-state index in [2.05, 4.69) is 0 Å². The Labute approximate surface area is 55.5 Å². The zero-order chi connectivity index (χ0) is 7.78. The van der Waals surface area contributed by atoms with Gasteiger partial charge in [-0.1, -0.05) is 6.08 Å². The van der Waals surface area contributed by atoms with Gasteiger partial charge < -0.3 is 0 Å². The highest BCUT2D eigenvalue weighted by molar-refractivity contribution is 6.00. The second-order valence-corrected chi connectivity index (χ2v) is 2.09. The van der Waals surface area contributed by atoms with Crippen LogP contribution in [0.25, 0.3) is 0 Å². The second-order valence-electron chi connectivity index (χ2n) is 2.09. The Morgan fingerprint density at radius 1 is 1.50 bits per heavy atom. The standard InChI is InChI=1S/C6H5F3O/c7-6(8,9)5(10)4-2-1-3-4/h2H,1,3H2. The molecule has 4 heteroatoms. The van der Waals surface area contributed by atoms with Crippen LogP contribution in [0.1, 0.15) is 12.8 Å². The van der Waals surface area contributed by atoms with Crippen LogP contribution in [0.5, 0.6) is 0 Å². The number of carbonyl (C=O) groups is 1. The number of alkyl halides is 3. The average Bonchev–Trinajstić information content (AvgIpc) is 1.57. The third kappa shape index (κ3) is 1.20. The third-order valence-corrected chi connectivity index (χ3v) is 1.35. The van der Waals surface area contributed by atoms with E-state index in [0.29, 0.717) is 6.42 Å². The fraction of sp³-hybridized carbons (Fsp3) is 0.500. The van der Waals surface area contributed by atoms with Gasteiger partial charge in [0.25, 0.3) is 5.78 Å². The first-order valence-corrected chi connectivity index (χ1v) is 2.82. The minimum absolute atomic E-state index is 0.0903. The number of rotatable bonds is 1. The number of halogens is 3. The second kappa shape index (κ2) is 2.11. The molecule has 1 nitrogen and oxygen atoms in total. The zero-order valence-electron chi connectivity index (χ0n) is 5.03. The lowest BCUT2D eigenvalue weighted by Gasteiger charge is -2.13. The molecular weight excluding hydrogens is 145 g/mol. The lowest BCUT2D eigenvalue weighted by molar-refractivity contribution is -0.167.